The quantitative estimate of drug-likeness (QED) is 0.143. The molecule has 3 rings (SSSR count). The maximum absolute atomic E-state index is 13.5. The van der Waals surface area contributed by atoms with Crippen molar-refractivity contribution in [3.63, 3.8) is 0 Å². The number of benzene rings is 2. The zero-order chi connectivity index (χ0) is 28.5. The Hall–Kier alpha value is -4.80. The summed E-state index contributed by atoms with van der Waals surface area (Å²) in [5.41, 5.74) is 13.3. The van der Waals surface area contributed by atoms with E-state index in [1.807, 2.05) is 34.9 Å². The maximum Gasteiger partial charge on any atom is 0.273 e. The number of nitrogens with two attached hydrogens (primary N) is 1. The largest absolute Gasteiger partial charge is 0.490 e. The molecule has 2 aromatic carbocycles. The number of pyridine rings is 1. The van der Waals surface area contributed by atoms with Gasteiger partial charge in [-0.15, -0.1) is 0 Å². The van der Waals surface area contributed by atoms with Crippen LogP contribution >= 0.6 is 0 Å². The van der Waals surface area contributed by atoms with Crippen molar-refractivity contribution in [3.8, 4) is 11.5 Å². The predicted octanol–water partition coefficient (Wildman–Crippen LogP) is 3.23. The molecule has 0 saturated heterocycles. The summed E-state index contributed by atoms with van der Waals surface area (Å²) < 4.78 is 11.6. The molecule has 1 unspecified atom stereocenters. The van der Waals surface area contributed by atoms with E-state index in [4.69, 9.17) is 20.6 Å². The first-order valence-electron chi connectivity index (χ1n) is 12.5. The predicted molar refractivity (Wildman–Crippen MR) is 151 cm³/mol. The highest BCUT2D eigenvalue weighted by Gasteiger charge is 2.24. The second kappa shape index (κ2) is 13.1. The van der Waals surface area contributed by atoms with Crippen molar-refractivity contribution in [2.75, 3.05) is 30.9 Å². The number of nitrogens with one attached hydrogen (secondary N) is 4. The minimum absolute atomic E-state index is 0.0619. The average molecular weight is 534 g/mol. The smallest absolute Gasteiger partial charge is 0.273 e. The number of aromatic nitrogens is 1. The number of rotatable bonds is 11. The van der Waals surface area contributed by atoms with E-state index in [0.717, 1.165) is 0 Å². The molecule has 0 bridgehead atoms. The van der Waals surface area contributed by atoms with E-state index in [1.165, 1.54) is 6.20 Å². The third kappa shape index (κ3) is 7.60. The van der Waals surface area contributed by atoms with Gasteiger partial charge in [-0.2, -0.15) is 0 Å². The number of nitrogens with zero attached hydrogens (tertiary/aromatic N) is 2. The van der Waals surface area contributed by atoms with Crippen LogP contribution in [-0.2, 0) is 4.79 Å². The minimum Gasteiger partial charge on any atom is -0.490 e. The lowest BCUT2D eigenvalue weighted by atomic mass is 10.0. The molecule has 0 spiro atoms. The fourth-order valence-electron chi connectivity index (χ4n) is 3.75. The van der Waals surface area contributed by atoms with Crippen molar-refractivity contribution in [2.24, 2.45) is 5.73 Å². The normalized spacial score (nSPS) is 11.3. The lowest BCUT2D eigenvalue weighted by Gasteiger charge is -2.23. The fourth-order valence-corrected chi connectivity index (χ4v) is 3.75. The first-order chi connectivity index (χ1) is 18.6. The van der Waals surface area contributed by atoms with Gasteiger partial charge < -0.3 is 25.4 Å². The van der Waals surface area contributed by atoms with Gasteiger partial charge in [0.05, 0.1) is 24.0 Å². The van der Waals surface area contributed by atoms with Crippen LogP contribution in [0.1, 0.15) is 48.3 Å². The first-order valence-corrected chi connectivity index (χ1v) is 12.5. The van der Waals surface area contributed by atoms with E-state index in [2.05, 4.69) is 21.2 Å². The lowest BCUT2D eigenvalue weighted by Crippen LogP contribution is -2.45. The molecule has 11 nitrogen and oxygen atoms in total. The monoisotopic (exact) mass is 533 g/mol. The van der Waals surface area contributed by atoms with Crippen LogP contribution in [0.25, 0.3) is 0 Å². The Labute approximate surface area is 228 Å². The van der Waals surface area contributed by atoms with Crippen LogP contribution in [0.15, 0.2) is 60.9 Å². The van der Waals surface area contributed by atoms with E-state index in [1.54, 1.807) is 59.6 Å². The van der Waals surface area contributed by atoms with Crippen molar-refractivity contribution in [2.45, 2.75) is 32.9 Å². The van der Waals surface area contributed by atoms with Crippen LogP contribution < -0.4 is 36.3 Å². The summed E-state index contributed by atoms with van der Waals surface area (Å²) in [7, 11) is 3.62. The van der Waals surface area contributed by atoms with Gasteiger partial charge in [-0.05, 0) is 68.8 Å². The van der Waals surface area contributed by atoms with Gasteiger partial charge in [-0.25, -0.2) is 0 Å². The van der Waals surface area contributed by atoms with Gasteiger partial charge in [0.25, 0.3) is 11.8 Å². The minimum atomic E-state index is -0.928. The van der Waals surface area contributed by atoms with Crippen LogP contribution in [0.5, 0.6) is 11.5 Å². The SMILES string of the molecule is CCOc1cc(C(Nc2ccc(C(=N)N)cc2)C(=O)NNC(=O)c2cnccc2N(C)C)ccc1OC(C)C. The second-order valence-corrected chi connectivity index (χ2v) is 9.10. The highest BCUT2D eigenvalue weighted by molar-refractivity contribution is 6.00. The Kier molecular flexibility index (Phi) is 9.69. The summed E-state index contributed by atoms with van der Waals surface area (Å²) in [6.07, 6.45) is 2.96. The van der Waals surface area contributed by atoms with Crippen molar-refractivity contribution in [1.82, 2.24) is 15.8 Å². The number of nitrogen functional groups attached to an aromatic ring is 1. The Balaban J connectivity index is 1.90. The molecule has 3 aromatic rings. The van der Waals surface area contributed by atoms with Crippen LogP contribution in [-0.4, -0.2) is 49.4 Å². The number of ether oxygens (including phenoxy) is 2. The molecule has 206 valence electrons. The van der Waals surface area contributed by atoms with Crippen LogP contribution in [0.4, 0.5) is 11.4 Å². The van der Waals surface area contributed by atoms with Crippen molar-refractivity contribution < 1.29 is 19.1 Å². The van der Waals surface area contributed by atoms with Gasteiger partial charge >= 0.3 is 0 Å². The third-order valence-electron chi connectivity index (χ3n) is 5.56. The lowest BCUT2D eigenvalue weighted by molar-refractivity contribution is -0.122. The molecule has 0 saturated carbocycles. The topological polar surface area (TPSA) is 155 Å². The molecule has 0 aliphatic rings. The zero-order valence-electron chi connectivity index (χ0n) is 22.7. The maximum atomic E-state index is 13.5. The number of hydrogen-bond donors (Lipinski definition) is 5. The van der Waals surface area contributed by atoms with Gasteiger partial charge in [0.1, 0.15) is 11.9 Å². The van der Waals surface area contributed by atoms with E-state index >= 15 is 0 Å². The van der Waals surface area contributed by atoms with Crippen molar-refractivity contribution in [1.29, 1.82) is 5.41 Å². The third-order valence-corrected chi connectivity index (χ3v) is 5.56. The Morgan fingerprint density at radius 2 is 1.77 bits per heavy atom. The van der Waals surface area contributed by atoms with Crippen LogP contribution in [0.3, 0.4) is 0 Å². The molecule has 11 heteroatoms. The number of anilines is 2. The van der Waals surface area contributed by atoms with Gasteiger partial charge in [0, 0.05) is 37.7 Å². The first kappa shape index (κ1) is 28.8. The molecule has 0 radical (unpaired) electrons. The summed E-state index contributed by atoms with van der Waals surface area (Å²) in [5.74, 6) is -0.0466. The number of hydrogen-bond acceptors (Lipinski definition) is 8. The summed E-state index contributed by atoms with van der Waals surface area (Å²) >= 11 is 0. The molecule has 1 atom stereocenters. The summed E-state index contributed by atoms with van der Waals surface area (Å²) in [6.45, 7) is 6.10. The molecule has 2 amide bonds. The van der Waals surface area contributed by atoms with E-state index in [9.17, 15) is 9.59 Å². The summed E-state index contributed by atoms with van der Waals surface area (Å²) in [4.78, 5) is 32.2. The molecule has 1 heterocycles. The van der Waals surface area contributed by atoms with Crippen LogP contribution in [0.2, 0.25) is 0 Å². The Bertz CT molecular complexity index is 1310. The Morgan fingerprint density at radius 3 is 2.38 bits per heavy atom. The summed E-state index contributed by atoms with van der Waals surface area (Å²) in [5, 5.41) is 10.8. The molecule has 0 aliphatic heterocycles. The number of carbonyl (C=O) groups is 2. The molecule has 39 heavy (non-hydrogen) atoms. The van der Waals surface area contributed by atoms with Crippen molar-refractivity contribution in [3.05, 3.63) is 77.6 Å². The fraction of sp³-hybridized carbons (Fsp3) is 0.286. The van der Waals surface area contributed by atoms with Gasteiger partial charge in [-0.1, -0.05) is 6.07 Å². The number of amides is 2. The second-order valence-electron chi connectivity index (χ2n) is 9.10. The molecule has 1 aromatic heterocycles. The molecular weight excluding hydrogens is 498 g/mol. The van der Waals surface area contributed by atoms with Gasteiger partial charge in [-0.3, -0.25) is 30.8 Å². The number of hydrazine groups is 1. The average Bonchev–Trinajstić information content (AvgIpc) is 2.91. The molecule has 6 N–H and O–H groups in total. The van der Waals surface area contributed by atoms with Gasteiger partial charge in [0.15, 0.2) is 11.5 Å². The van der Waals surface area contributed by atoms with E-state index < -0.39 is 17.9 Å². The van der Waals surface area contributed by atoms with Gasteiger partial charge in [0.2, 0.25) is 0 Å². The Morgan fingerprint density at radius 1 is 1.05 bits per heavy atom. The number of carbonyl (C=O) groups excluding carboxylic acids is 2. The van der Waals surface area contributed by atoms with Crippen LogP contribution in [0, 0.1) is 5.41 Å². The summed E-state index contributed by atoms with van der Waals surface area (Å²) in [6, 6.07) is 12.8. The highest BCUT2D eigenvalue weighted by Crippen LogP contribution is 2.33. The number of amidine groups is 1. The molecule has 0 aliphatic carbocycles. The molecule has 0 fully saturated rings. The van der Waals surface area contributed by atoms with Crippen molar-refractivity contribution >= 4 is 29.0 Å². The molecular formula is C28H35N7O4. The highest BCUT2D eigenvalue weighted by atomic mass is 16.5. The standard InChI is InChI=1S/C28H35N7O4/c1-6-38-24-15-19(9-12-23(24)39-17(2)3)25(32-20-10-7-18(8-11-20)26(29)30)28(37)34-33-27(36)21-16-31-14-13-22(21)35(4)5/h7-17,25,32H,6H2,1-5H3,(H3,29,30)(H,33,36)(H,34,37). The zero-order valence-corrected chi connectivity index (χ0v) is 22.7. The van der Waals surface area contributed by atoms with E-state index in [0.29, 0.717) is 46.2 Å². The van der Waals surface area contributed by atoms with E-state index in [-0.39, 0.29) is 11.9 Å².